The third kappa shape index (κ3) is 7.62. The first-order valence-corrected chi connectivity index (χ1v) is 15.7. The zero-order chi connectivity index (χ0) is 30.3. The van der Waals surface area contributed by atoms with Crippen LogP contribution in [0, 0.1) is 11.8 Å². The van der Waals surface area contributed by atoms with Crippen molar-refractivity contribution in [3.63, 3.8) is 0 Å². The lowest BCUT2D eigenvalue weighted by Gasteiger charge is -2.38. The lowest BCUT2D eigenvalue weighted by molar-refractivity contribution is -0.137. The van der Waals surface area contributed by atoms with E-state index in [9.17, 15) is 9.59 Å². The standard InChI is InChI=1S/C32H46N8O3/c1-5-43-27-8-6-7-24(19-27)21-40-30-28(20-35-40)29(33-22-34-30)38-15-17-39(18-16-38)32(42)25-9-11-26(12-10-25)36-31(41)23(2)13-14-37(3)4/h6-8,19-20,22-23,25-26H,5,9-18,21H2,1-4H3,(H,36,41). The minimum Gasteiger partial charge on any atom is -0.494 e. The second-order valence-corrected chi connectivity index (χ2v) is 12.2. The third-order valence-electron chi connectivity index (χ3n) is 8.72. The summed E-state index contributed by atoms with van der Waals surface area (Å²) >= 11 is 0. The summed E-state index contributed by atoms with van der Waals surface area (Å²) in [6.45, 7) is 8.86. The van der Waals surface area contributed by atoms with Gasteiger partial charge in [0.05, 0.1) is 24.7 Å². The highest BCUT2D eigenvalue weighted by molar-refractivity contribution is 5.87. The average Bonchev–Trinajstić information content (AvgIpc) is 3.43. The van der Waals surface area contributed by atoms with E-state index >= 15 is 0 Å². The molecule has 11 nitrogen and oxygen atoms in total. The zero-order valence-electron chi connectivity index (χ0n) is 26.0. The minimum absolute atomic E-state index is 0.00114. The number of amides is 2. The fourth-order valence-electron chi connectivity index (χ4n) is 6.13. The molecule has 3 heterocycles. The van der Waals surface area contributed by atoms with Crippen LogP contribution in [-0.4, -0.2) is 101 Å². The second-order valence-electron chi connectivity index (χ2n) is 12.2. The number of nitrogens with zero attached hydrogens (tertiary/aromatic N) is 7. The molecule has 1 aliphatic heterocycles. The molecule has 5 rings (SSSR count). The van der Waals surface area contributed by atoms with Gasteiger partial charge in [0.25, 0.3) is 0 Å². The molecule has 0 radical (unpaired) electrons. The number of fused-ring (bicyclic) bond motifs is 1. The number of anilines is 1. The Bertz CT molecular complexity index is 1380. The van der Waals surface area contributed by atoms with Crippen LogP contribution >= 0.6 is 0 Å². The molecule has 2 amide bonds. The Labute approximate surface area is 254 Å². The second kappa shape index (κ2) is 14.2. The summed E-state index contributed by atoms with van der Waals surface area (Å²) in [6.07, 6.45) is 7.68. The van der Waals surface area contributed by atoms with Crippen LogP contribution in [-0.2, 0) is 16.1 Å². The van der Waals surface area contributed by atoms with Gasteiger partial charge in [-0.2, -0.15) is 5.10 Å². The maximum absolute atomic E-state index is 13.4. The van der Waals surface area contributed by atoms with Crippen molar-refractivity contribution in [3.05, 3.63) is 42.4 Å². The van der Waals surface area contributed by atoms with Gasteiger partial charge in [-0.05, 0) is 77.4 Å². The van der Waals surface area contributed by atoms with E-state index in [0.717, 1.165) is 79.9 Å². The van der Waals surface area contributed by atoms with Crippen LogP contribution in [0.4, 0.5) is 5.82 Å². The molecular weight excluding hydrogens is 544 g/mol. The molecule has 1 atom stereocenters. The number of carbonyl (C=O) groups excluding carboxylic acids is 2. The SMILES string of the molecule is CCOc1cccc(Cn2ncc3c(N4CCN(C(=O)C5CCC(NC(=O)C(C)CCN(C)C)CC5)CC4)ncnc32)c1. The number of carbonyl (C=O) groups is 2. The number of rotatable bonds is 11. The quantitative estimate of drug-likeness (QED) is 0.363. The van der Waals surface area contributed by atoms with Crippen LogP contribution in [0.5, 0.6) is 5.75 Å². The predicted octanol–water partition coefficient (Wildman–Crippen LogP) is 3.18. The lowest BCUT2D eigenvalue weighted by atomic mass is 9.84. The van der Waals surface area contributed by atoms with Crippen LogP contribution in [0.25, 0.3) is 11.0 Å². The predicted molar refractivity (Wildman–Crippen MR) is 167 cm³/mol. The Morgan fingerprint density at radius 3 is 2.58 bits per heavy atom. The summed E-state index contributed by atoms with van der Waals surface area (Å²) in [7, 11) is 4.05. The number of nitrogens with one attached hydrogen (secondary N) is 1. The highest BCUT2D eigenvalue weighted by Crippen LogP contribution is 2.29. The molecule has 11 heteroatoms. The molecule has 1 aliphatic carbocycles. The summed E-state index contributed by atoms with van der Waals surface area (Å²) in [5.41, 5.74) is 1.88. The number of benzene rings is 1. The van der Waals surface area contributed by atoms with E-state index in [1.807, 2.05) is 61.9 Å². The first kappa shape index (κ1) is 30.7. The van der Waals surface area contributed by atoms with Gasteiger partial charge in [0.1, 0.15) is 17.9 Å². The lowest BCUT2D eigenvalue weighted by Crippen LogP contribution is -2.51. The van der Waals surface area contributed by atoms with Gasteiger partial charge in [0.15, 0.2) is 5.65 Å². The molecule has 1 saturated carbocycles. The Kier molecular flexibility index (Phi) is 10.1. The molecule has 1 unspecified atom stereocenters. The summed E-state index contributed by atoms with van der Waals surface area (Å²) < 4.78 is 7.55. The Morgan fingerprint density at radius 2 is 1.86 bits per heavy atom. The van der Waals surface area contributed by atoms with Gasteiger partial charge in [-0.3, -0.25) is 9.59 Å². The van der Waals surface area contributed by atoms with Crippen LogP contribution in [0.3, 0.4) is 0 Å². The third-order valence-corrected chi connectivity index (χ3v) is 8.72. The molecule has 3 aromatic rings. The Hall–Kier alpha value is -3.73. The molecule has 232 valence electrons. The van der Waals surface area contributed by atoms with Crippen molar-refractivity contribution in [2.24, 2.45) is 11.8 Å². The number of hydrogen-bond acceptors (Lipinski definition) is 8. The monoisotopic (exact) mass is 590 g/mol. The number of ether oxygens (including phenoxy) is 1. The van der Waals surface area contributed by atoms with E-state index in [1.54, 1.807) is 6.33 Å². The largest absolute Gasteiger partial charge is 0.494 e. The molecule has 2 aromatic heterocycles. The van der Waals surface area contributed by atoms with Gasteiger partial charge in [-0.25, -0.2) is 14.6 Å². The Balaban J connectivity index is 1.12. The van der Waals surface area contributed by atoms with Gasteiger partial charge in [0, 0.05) is 44.1 Å². The van der Waals surface area contributed by atoms with Crippen LogP contribution in [0.2, 0.25) is 0 Å². The fraction of sp³-hybridized carbons (Fsp3) is 0.594. The van der Waals surface area contributed by atoms with Crippen LogP contribution in [0.15, 0.2) is 36.8 Å². The average molecular weight is 591 g/mol. The molecule has 0 bridgehead atoms. The molecule has 43 heavy (non-hydrogen) atoms. The van der Waals surface area contributed by atoms with Gasteiger partial charge >= 0.3 is 0 Å². The number of aromatic nitrogens is 4. The molecule has 1 N–H and O–H groups in total. The van der Waals surface area contributed by atoms with Gasteiger partial charge in [-0.1, -0.05) is 19.1 Å². The van der Waals surface area contributed by atoms with Gasteiger partial charge in [-0.15, -0.1) is 0 Å². The molecule has 1 saturated heterocycles. The topological polar surface area (TPSA) is 109 Å². The van der Waals surface area contributed by atoms with E-state index in [1.165, 1.54) is 0 Å². The maximum atomic E-state index is 13.4. The minimum atomic E-state index is 0.00114. The van der Waals surface area contributed by atoms with Crippen LogP contribution < -0.4 is 15.0 Å². The summed E-state index contributed by atoms with van der Waals surface area (Å²) in [5, 5.41) is 8.78. The maximum Gasteiger partial charge on any atom is 0.225 e. The highest BCUT2D eigenvalue weighted by Gasteiger charge is 2.32. The van der Waals surface area contributed by atoms with Crippen molar-refractivity contribution < 1.29 is 14.3 Å². The molecule has 2 fully saturated rings. The molecule has 0 spiro atoms. The summed E-state index contributed by atoms with van der Waals surface area (Å²) in [6, 6.07) is 8.21. The van der Waals surface area contributed by atoms with Crippen molar-refractivity contribution in [1.82, 2.24) is 34.9 Å². The van der Waals surface area contributed by atoms with Crippen molar-refractivity contribution in [2.75, 3.05) is 58.3 Å². The smallest absolute Gasteiger partial charge is 0.225 e. The van der Waals surface area contributed by atoms with Crippen molar-refractivity contribution in [2.45, 2.75) is 58.5 Å². The number of hydrogen-bond donors (Lipinski definition) is 1. The van der Waals surface area contributed by atoms with Crippen molar-refractivity contribution in [1.29, 1.82) is 0 Å². The first-order chi connectivity index (χ1) is 20.8. The van der Waals surface area contributed by atoms with E-state index in [4.69, 9.17) is 4.74 Å². The highest BCUT2D eigenvalue weighted by atomic mass is 16.5. The van der Waals surface area contributed by atoms with Crippen molar-refractivity contribution in [3.8, 4) is 5.75 Å². The first-order valence-electron chi connectivity index (χ1n) is 15.7. The summed E-state index contributed by atoms with van der Waals surface area (Å²) in [5.74, 6) is 2.13. The van der Waals surface area contributed by atoms with E-state index < -0.39 is 0 Å². The number of piperazine rings is 1. The van der Waals surface area contributed by atoms with Crippen LogP contribution in [0.1, 0.15) is 51.5 Å². The Morgan fingerprint density at radius 1 is 1.09 bits per heavy atom. The molecule has 1 aromatic carbocycles. The van der Waals surface area contributed by atoms with E-state index in [2.05, 4.69) is 36.2 Å². The van der Waals surface area contributed by atoms with Gasteiger partial charge < -0.3 is 24.8 Å². The van der Waals surface area contributed by atoms with E-state index in [-0.39, 0.29) is 29.7 Å². The normalized spacial score (nSPS) is 19.9. The zero-order valence-corrected chi connectivity index (χ0v) is 26.0. The summed E-state index contributed by atoms with van der Waals surface area (Å²) in [4.78, 5) is 41.5. The fourth-order valence-corrected chi connectivity index (χ4v) is 6.13. The van der Waals surface area contributed by atoms with E-state index in [0.29, 0.717) is 26.2 Å². The molecule has 2 aliphatic rings. The van der Waals surface area contributed by atoms with Crippen molar-refractivity contribution >= 4 is 28.7 Å². The van der Waals surface area contributed by atoms with Gasteiger partial charge in [0.2, 0.25) is 11.8 Å². The molecular formula is C32H46N8O3.